The highest BCUT2D eigenvalue weighted by Gasteiger charge is 2.11. The summed E-state index contributed by atoms with van der Waals surface area (Å²) >= 11 is 0. The summed E-state index contributed by atoms with van der Waals surface area (Å²) in [7, 11) is 1.61. The van der Waals surface area contributed by atoms with Crippen LogP contribution in [0, 0.1) is 0 Å². The molecule has 0 saturated carbocycles. The van der Waals surface area contributed by atoms with Crippen molar-refractivity contribution in [2.45, 2.75) is 13.5 Å². The highest BCUT2D eigenvalue weighted by atomic mass is 16.5. The van der Waals surface area contributed by atoms with E-state index in [1.54, 1.807) is 13.2 Å². The third kappa shape index (κ3) is 5.65. The second-order valence-electron chi connectivity index (χ2n) is 7.34. The fraction of sp³-hybridized carbons (Fsp3) is 0.115. The molecule has 0 aliphatic rings. The molecule has 0 spiro atoms. The summed E-state index contributed by atoms with van der Waals surface area (Å²) in [5, 5.41) is 11.2. The molecule has 0 saturated heterocycles. The van der Waals surface area contributed by atoms with Crippen molar-refractivity contribution in [2.24, 2.45) is 5.10 Å². The topological polar surface area (TPSA) is 88.6 Å². The van der Waals surface area contributed by atoms with E-state index in [0.29, 0.717) is 23.7 Å². The van der Waals surface area contributed by atoms with Gasteiger partial charge in [-0.25, -0.2) is 5.43 Å². The number of methoxy groups -OCH3 is 1. The van der Waals surface area contributed by atoms with Crippen molar-refractivity contribution in [1.29, 1.82) is 0 Å². The van der Waals surface area contributed by atoms with Gasteiger partial charge < -0.3 is 9.47 Å². The maximum atomic E-state index is 12.5. The molecule has 0 aliphatic carbocycles. The van der Waals surface area contributed by atoms with Gasteiger partial charge in [0.05, 0.1) is 18.5 Å². The molecular weight excluding hydrogens is 416 g/mol. The predicted octanol–water partition coefficient (Wildman–Crippen LogP) is 4.82. The molecule has 0 unspecified atom stereocenters. The lowest BCUT2D eigenvalue weighted by Crippen LogP contribution is -2.19. The van der Waals surface area contributed by atoms with Gasteiger partial charge in [0.25, 0.3) is 5.91 Å². The van der Waals surface area contributed by atoms with Crippen LogP contribution < -0.4 is 14.9 Å². The van der Waals surface area contributed by atoms with Crippen LogP contribution in [-0.2, 0) is 6.61 Å². The van der Waals surface area contributed by atoms with Gasteiger partial charge in [0.15, 0.2) is 0 Å². The van der Waals surface area contributed by atoms with E-state index in [4.69, 9.17) is 9.47 Å². The van der Waals surface area contributed by atoms with Crippen LogP contribution in [0.3, 0.4) is 0 Å². The molecule has 3 aromatic carbocycles. The number of rotatable bonds is 8. The molecule has 166 valence electrons. The van der Waals surface area contributed by atoms with E-state index in [2.05, 4.69) is 20.7 Å². The van der Waals surface area contributed by atoms with Gasteiger partial charge in [0.1, 0.15) is 23.8 Å². The fourth-order valence-corrected chi connectivity index (χ4v) is 3.16. The zero-order valence-corrected chi connectivity index (χ0v) is 18.4. The Kier molecular flexibility index (Phi) is 6.80. The number of hydrazone groups is 1. The molecule has 0 fully saturated rings. The van der Waals surface area contributed by atoms with E-state index in [0.717, 1.165) is 28.2 Å². The number of benzene rings is 3. The lowest BCUT2D eigenvalue weighted by atomic mass is 10.1. The van der Waals surface area contributed by atoms with Gasteiger partial charge in [0, 0.05) is 5.56 Å². The van der Waals surface area contributed by atoms with Crippen LogP contribution >= 0.6 is 0 Å². The molecular formula is C26H24N4O3. The van der Waals surface area contributed by atoms with Gasteiger partial charge in [-0.1, -0.05) is 42.5 Å². The first-order chi connectivity index (χ1) is 16.1. The average molecular weight is 441 g/mol. The maximum Gasteiger partial charge on any atom is 0.289 e. The fourth-order valence-electron chi connectivity index (χ4n) is 3.16. The van der Waals surface area contributed by atoms with Crippen molar-refractivity contribution in [3.63, 3.8) is 0 Å². The number of aromatic amines is 1. The second-order valence-corrected chi connectivity index (χ2v) is 7.34. The second kappa shape index (κ2) is 10.3. The zero-order chi connectivity index (χ0) is 23.0. The van der Waals surface area contributed by atoms with Crippen LogP contribution in [0.4, 0.5) is 0 Å². The molecule has 7 heteroatoms. The summed E-state index contributed by atoms with van der Waals surface area (Å²) in [5.41, 5.74) is 7.00. The van der Waals surface area contributed by atoms with Crippen LogP contribution in [-0.4, -0.2) is 28.9 Å². The van der Waals surface area contributed by atoms with Gasteiger partial charge in [-0.3, -0.25) is 9.89 Å². The number of H-pyrrole nitrogens is 1. The Balaban J connectivity index is 1.40. The van der Waals surface area contributed by atoms with Crippen LogP contribution in [0.5, 0.6) is 11.5 Å². The number of amides is 1. The largest absolute Gasteiger partial charge is 0.497 e. The highest BCUT2D eigenvalue weighted by Crippen LogP contribution is 2.23. The summed E-state index contributed by atoms with van der Waals surface area (Å²) < 4.78 is 11.0. The van der Waals surface area contributed by atoms with Crippen LogP contribution in [0.1, 0.15) is 28.5 Å². The quantitative estimate of drug-likeness (QED) is 0.304. The molecule has 0 bridgehead atoms. The molecule has 4 rings (SSSR count). The summed E-state index contributed by atoms with van der Waals surface area (Å²) in [5.74, 6) is 1.11. The van der Waals surface area contributed by atoms with Crippen molar-refractivity contribution in [3.8, 4) is 22.8 Å². The summed E-state index contributed by atoms with van der Waals surface area (Å²) in [6.45, 7) is 2.30. The zero-order valence-electron chi connectivity index (χ0n) is 18.4. The van der Waals surface area contributed by atoms with Crippen LogP contribution in [0.25, 0.3) is 11.3 Å². The standard InChI is InChI=1S/C26H24N4O3/c1-18(20-11-13-22(32-2)14-12-20)27-30-26(31)25-16-24(28-29-25)21-9-6-10-23(15-21)33-17-19-7-4-3-5-8-19/h3-16H,17H2,1-2H3,(H,28,29)(H,30,31)/b27-18+. The van der Waals surface area contributed by atoms with E-state index in [9.17, 15) is 4.79 Å². The van der Waals surface area contributed by atoms with E-state index >= 15 is 0 Å². The SMILES string of the molecule is COc1ccc(/C(C)=N/NC(=O)c2cc(-c3cccc(OCc4ccccc4)c3)n[nH]2)cc1. The van der Waals surface area contributed by atoms with E-state index in [-0.39, 0.29) is 5.91 Å². The van der Waals surface area contributed by atoms with Gasteiger partial charge in [-0.2, -0.15) is 10.2 Å². The first-order valence-corrected chi connectivity index (χ1v) is 10.4. The molecule has 33 heavy (non-hydrogen) atoms. The molecule has 0 atom stereocenters. The van der Waals surface area contributed by atoms with Gasteiger partial charge in [-0.15, -0.1) is 0 Å². The number of carbonyl (C=O) groups excluding carboxylic acids is 1. The number of aromatic nitrogens is 2. The Morgan fingerprint density at radius 2 is 1.76 bits per heavy atom. The van der Waals surface area contributed by atoms with Gasteiger partial charge in [-0.05, 0) is 60.5 Å². The molecule has 7 nitrogen and oxygen atoms in total. The molecule has 2 N–H and O–H groups in total. The Labute approximate surface area is 192 Å². The van der Waals surface area contributed by atoms with Crippen LogP contribution in [0.15, 0.2) is 90.0 Å². The number of nitrogens with one attached hydrogen (secondary N) is 2. The average Bonchev–Trinajstić information content (AvgIpc) is 3.37. The van der Waals surface area contributed by atoms with Crippen molar-refractivity contribution in [1.82, 2.24) is 15.6 Å². The smallest absolute Gasteiger partial charge is 0.289 e. The normalized spacial score (nSPS) is 11.2. The van der Waals surface area contributed by atoms with Gasteiger partial charge in [0.2, 0.25) is 0 Å². The minimum atomic E-state index is -0.377. The Bertz CT molecular complexity index is 1250. The Morgan fingerprint density at radius 3 is 2.52 bits per heavy atom. The molecule has 1 aromatic heterocycles. The molecule has 0 radical (unpaired) electrons. The number of nitrogens with zero attached hydrogens (tertiary/aromatic N) is 2. The first kappa shape index (κ1) is 21.8. The van der Waals surface area contributed by atoms with Gasteiger partial charge >= 0.3 is 0 Å². The number of hydrogen-bond donors (Lipinski definition) is 2. The monoisotopic (exact) mass is 440 g/mol. The third-order valence-corrected chi connectivity index (χ3v) is 5.03. The van der Waals surface area contributed by atoms with E-state index in [1.165, 1.54) is 0 Å². The molecule has 0 aliphatic heterocycles. The van der Waals surface area contributed by atoms with Crippen molar-refractivity contribution in [3.05, 3.63) is 102 Å². The predicted molar refractivity (Wildman–Crippen MR) is 127 cm³/mol. The number of ether oxygens (including phenoxy) is 2. The number of carbonyl (C=O) groups is 1. The minimum absolute atomic E-state index is 0.312. The lowest BCUT2D eigenvalue weighted by Gasteiger charge is -2.07. The Morgan fingerprint density at radius 1 is 0.970 bits per heavy atom. The molecule has 1 heterocycles. The lowest BCUT2D eigenvalue weighted by molar-refractivity contribution is 0.0950. The maximum absolute atomic E-state index is 12.5. The van der Waals surface area contributed by atoms with E-state index in [1.807, 2.05) is 85.8 Å². The van der Waals surface area contributed by atoms with Crippen LogP contribution in [0.2, 0.25) is 0 Å². The van der Waals surface area contributed by atoms with E-state index < -0.39 is 0 Å². The summed E-state index contributed by atoms with van der Waals surface area (Å²) in [6, 6.07) is 26.7. The molecule has 4 aromatic rings. The first-order valence-electron chi connectivity index (χ1n) is 10.4. The minimum Gasteiger partial charge on any atom is -0.497 e. The molecule has 1 amide bonds. The highest BCUT2D eigenvalue weighted by molar-refractivity contribution is 6.00. The summed E-state index contributed by atoms with van der Waals surface area (Å²) in [4.78, 5) is 12.5. The Hall–Kier alpha value is -4.39. The summed E-state index contributed by atoms with van der Waals surface area (Å²) in [6.07, 6.45) is 0. The number of hydrogen-bond acceptors (Lipinski definition) is 5. The van der Waals surface area contributed by atoms with Crippen molar-refractivity contribution in [2.75, 3.05) is 7.11 Å². The third-order valence-electron chi connectivity index (χ3n) is 5.03. The van der Waals surface area contributed by atoms with Crippen molar-refractivity contribution >= 4 is 11.6 Å². The van der Waals surface area contributed by atoms with Crippen molar-refractivity contribution < 1.29 is 14.3 Å².